The summed E-state index contributed by atoms with van der Waals surface area (Å²) >= 11 is 1.87. The summed E-state index contributed by atoms with van der Waals surface area (Å²) in [5.41, 5.74) is 0.177. The summed E-state index contributed by atoms with van der Waals surface area (Å²) < 4.78 is 45.2. The van der Waals surface area contributed by atoms with Gasteiger partial charge < -0.3 is 15.7 Å². The van der Waals surface area contributed by atoms with Gasteiger partial charge in [0, 0.05) is 29.5 Å². The molecule has 4 N–H and O–H groups in total. The number of nitrogens with one attached hydrogen (secondary N) is 3. The predicted molar refractivity (Wildman–Crippen MR) is 130 cm³/mol. The van der Waals surface area contributed by atoms with E-state index >= 15 is 8.78 Å². The smallest absolute Gasteiger partial charge is 0.277 e. The molecule has 0 aromatic heterocycles. The number of aliphatic hydroxyl groups excluding tert-OH is 1. The minimum Gasteiger partial charge on any atom is -0.394 e. The first-order chi connectivity index (χ1) is 17.0. The van der Waals surface area contributed by atoms with Crippen molar-refractivity contribution in [3.8, 4) is 0 Å². The zero-order valence-electron chi connectivity index (χ0n) is 19.3. The molecule has 0 fully saturated rings. The number of nitrogens with zero attached hydrogens (tertiary/aromatic N) is 1. The zero-order valence-corrected chi connectivity index (χ0v) is 21.4. The highest BCUT2D eigenvalue weighted by Crippen LogP contribution is 2.31. The summed E-state index contributed by atoms with van der Waals surface area (Å²) in [6.45, 7) is 1.03. The lowest BCUT2D eigenvalue weighted by molar-refractivity contribution is -0.187. The van der Waals surface area contributed by atoms with Crippen LogP contribution in [0.1, 0.15) is 29.8 Å². The lowest BCUT2D eigenvalue weighted by Gasteiger charge is -2.22. The largest absolute Gasteiger partial charge is 0.394 e. The molecule has 2 rings (SSSR count). The lowest BCUT2D eigenvalue weighted by Crippen LogP contribution is -2.33. The first-order valence-electron chi connectivity index (χ1n) is 10.5. The SMILES string of the molecule is CC(=O)NCCON(Cc1cc(C(=O)NOCCO)c(Nc2ccc(I)cc2F)c(F)c1F)C(C)=O. The molecule has 10 nitrogen and oxygen atoms in total. The van der Waals surface area contributed by atoms with Crippen LogP contribution in [0.3, 0.4) is 0 Å². The summed E-state index contributed by atoms with van der Waals surface area (Å²) in [5, 5.41) is 14.4. The van der Waals surface area contributed by atoms with E-state index in [0.29, 0.717) is 3.57 Å². The molecule has 0 unspecified atom stereocenters. The van der Waals surface area contributed by atoms with E-state index in [1.807, 2.05) is 28.1 Å². The first-order valence-corrected chi connectivity index (χ1v) is 11.5. The first kappa shape index (κ1) is 29.3. The van der Waals surface area contributed by atoms with Gasteiger partial charge in [-0.25, -0.2) is 23.7 Å². The molecule has 0 spiro atoms. The fraction of sp³-hybridized carbons (Fsp3) is 0.318. The van der Waals surface area contributed by atoms with Crippen LogP contribution in [0.4, 0.5) is 24.5 Å². The van der Waals surface area contributed by atoms with Crippen LogP contribution >= 0.6 is 22.6 Å². The van der Waals surface area contributed by atoms with E-state index in [4.69, 9.17) is 14.8 Å². The number of benzene rings is 2. The molecule has 0 atom stereocenters. The minimum atomic E-state index is -1.51. The third kappa shape index (κ3) is 8.32. The van der Waals surface area contributed by atoms with E-state index in [-0.39, 0.29) is 31.4 Å². The second-order valence-corrected chi connectivity index (χ2v) is 8.46. The van der Waals surface area contributed by atoms with Gasteiger partial charge in [0.2, 0.25) is 11.8 Å². The fourth-order valence-electron chi connectivity index (χ4n) is 2.82. The van der Waals surface area contributed by atoms with Crippen LogP contribution in [0, 0.1) is 21.0 Å². The lowest BCUT2D eigenvalue weighted by atomic mass is 10.1. The summed E-state index contributed by atoms with van der Waals surface area (Å²) in [7, 11) is 0. The monoisotopic (exact) mass is 624 g/mol. The Balaban J connectivity index is 2.43. The topological polar surface area (TPSA) is 129 Å². The van der Waals surface area contributed by atoms with Gasteiger partial charge in [0.25, 0.3) is 5.91 Å². The normalized spacial score (nSPS) is 10.6. The van der Waals surface area contributed by atoms with Crippen LogP contribution in [-0.2, 0) is 25.8 Å². The van der Waals surface area contributed by atoms with Gasteiger partial charge in [0.15, 0.2) is 11.6 Å². The number of hydrogen-bond acceptors (Lipinski definition) is 7. The molecule has 0 aliphatic carbocycles. The van der Waals surface area contributed by atoms with Gasteiger partial charge in [-0.1, -0.05) is 0 Å². The Morgan fingerprint density at radius 3 is 2.42 bits per heavy atom. The standard InChI is InChI=1S/C22H24F3IN4O6/c1-12(32)27-5-7-36-30(13(2)33)11-14-9-16(22(34)29-35-8-6-31)21(20(25)19(14)24)28-18-4-3-15(26)10-17(18)23/h3-4,9-10,28,31H,5-8,11H2,1-2H3,(H,27,32)(H,29,34). The van der Waals surface area contributed by atoms with Crippen molar-refractivity contribution in [2.45, 2.75) is 20.4 Å². The highest BCUT2D eigenvalue weighted by molar-refractivity contribution is 14.1. The molecule has 36 heavy (non-hydrogen) atoms. The van der Waals surface area contributed by atoms with Crippen molar-refractivity contribution >= 4 is 51.7 Å². The van der Waals surface area contributed by atoms with E-state index in [1.54, 1.807) is 0 Å². The molecule has 0 bridgehead atoms. The molecule has 0 saturated heterocycles. The van der Waals surface area contributed by atoms with Gasteiger partial charge in [0.1, 0.15) is 5.82 Å². The summed E-state index contributed by atoms with van der Waals surface area (Å²) in [6, 6.07) is 4.91. The highest BCUT2D eigenvalue weighted by Gasteiger charge is 2.25. The van der Waals surface area contributed by atoms with E-state index in [0.717, 1.165) is 24.1 Å². The molecule has 0 aliphatic rings. The maximum Gasteiger partial charge on any atom is 0.277 e. The van der Waals surface area contributed by atoms with Crippen LogP contribution in [0.15, 0.2) is 24.3 Å². The second kappa shape index (κ2) is 14.0. The van der Waals surface area contributed by atoms with E-state index in [1.165, 1.54) is 19.1 Å². The van der Waals surface area contributed by atoms with Gasteiger partial charge in [0.05, 0.1) is 43.3 Å². The number of halogens is 4. The van der Waals surface area contributed by atoms with E-state index in [2.05, 4.69) is 10.6 Å². The van der Waals surface area contributed by atoms with Crippen molar-refractivity contribution < 1.29 is 42.3 Å². The fourth-order valence-corrected chi connectivity index (χ4v) is 3.28. The molecule has 2 aromatic rings. The number of hydroxylamine groups is 3. The molecule has 14 heteroatoms. The van der Waals surface area contributed by atoms with Crippen molar-refractivity contribution in [1.82, 2.24) is 15.9 Å². The summed E-state index contributed by atoms with van der Waals surface area (Å²) in [4.78, 5) is 45.6. The third-order valence-corrected chi connectivity index (χ3v) is 5.13. The molecule has 0 heterocycles. The molecule has 2 aromatic carbocycles. The van der Waals surface area contributed by atoms with Crippen LogP contribution in [0.25, 0.3) is 0 Å². The quantitative estimate of drug-likeness (QED) is 0.162. The van der Waals surface area contributed by atoms with Gasteiger partial charge in [-0.3, -0.25) is 24.1 Å². The number of carbonyl (C=O) groups is 3. The van der Waals surface area contributed by atoms with Crippen molar-refractivity contribution in [1.29, 1.82) is 0 Å². The second-order valence-electron chi connectivity index (χ2n) is 7.21. The number of rotatable bonds is 12. The van der Waals surface area contributed by atoms with Gasteiger partial charge >= 0.3 is 0 Å². The van der Waals surface area contributed by atoms with Crippen LogP contribution in [0.5, 0.6) is 0 Å². The van der Waals surface area contributed by atoms with Crippen molar-refractivity contribution in [2.24, 2.45) is 0 Å². The molecule has 0 saturated carbocycles. The number of amides is 3. The average molecular weight is 624 g/mol. The minimum absolute atomic E-state index is 0.0518. The van der Waals surface area contributed by atoms with Crippen LogP contribution in [0.2, 0.25) is 0 Å². The molecule has 0 radical (unpaired) electrons. The van der Waals surface area contributed by atoms with Crippen LogP contribution in [-0.4, -0.2) is 54.3 Å². The van der Waals surface area contributed by atoms with E-state index in [9.17, 15) is 18.8 Å². The molecular formula is C22H24F3IN4O6. The Bertz CT molecular complexity index is 1120. The highest BCUT2D eigenvalue weighted by atomic mass is 127. The van der Waals surface area contributed by atoms with E-state index < -0.39 is 59.2 Å². The Labute approximate surface area is 218 Å². The van der Waals surface area contributed by atoms with Crippen molar-refractivity contribution in [2.75, 3.05) is 31.7 Å². The van der Waals surface area contributed by atoms with Gasteiger partial charge in [-0.05, 0) is 46.9 Å². The van der Waals surface area contributed by atoms with Crippen LogP contribution < -0.4 is 16.1 Å². The molecular weight excluding hydrogens is 600 g/mol. The maximum atomic E-state index is 15.2. The number of carbonyl (C=O) groups excluding carboxylic acids is 3. The Kier molecular flexibility index (Phi) is 11.4. The number of aliphatic hydroxyl groups is 1. The van der Waals surface area contributed by atoms with Gasteiger partial charge in [-0.15, -0.1) is 0 Å². The average Bonchev–Trinajstić information content (AvgIpc) is 2.81. The Morgan fingerprint density at radius 2 is 1.81 bits per heavy atom. The Morgan fingerprint density at radius 1 is 1.08 bits per heavy atom. The number of hydrogen-bond donors (Lipinski definition) is 4. The molecule has 3 amide bonds. The Hall–Kier alpha value is -2.95. The van der Waals surface area contributed by atoms with Gasteiger partial charge in [-0.2, -0.15) is 0 Å². The molecule has 0 aliphatic heterocycles. The zero-order chi connectivity index (χ0) is 26.8. The third-order valence-electron chi connectivity index (χ3n) is 4.46. The number of anilines is 2. The van der Waals surface area contributed by atoms with Crippen molar-refractivity contribution in [3.63, 3.8) is 0 Å². The molecule has 196 valence electrons. The maximum absolute atomic E-state index is 15.2. The van der Waals surface area contributed by atoms with Crippen molar-refractivity contribution in [3.05, 3.63) is 56.4 Å². The predicted octanol–water partition coefficient (Wildman–Crippen LogP) is 2.52. The summed E-state index contributed by atoms with van der Waals surface area (Å²) in [5.74, 6) is -5.71. The summed E-state index contributed by atoms with van der Waals surface area (Å²) in [6.07, 6.45) is 0.